The number of para-hydroxylation sites is 1. The Balaban J connectivity index is 1.64. The number of hydrogen-bond acceptors (Lipinski definition) is 3. The average molecular weight is 387 g/mol. The number of aromatic nitrogens is 2. The van der Waals surface area contributed by atoms with Crippen LogP contribution >= 0.6 is 0 Å². The first-order chi connectivity index (χ1) is 14.2. The number of hydrogen-bond donors (Lipinski definition) is 1. The van der Waals surface area contributed by atoms with Crippen LogP contribution in [0.4, 0.5) is 4.39 Å². The molecule has 2 aromatic heterocycles. The third kappa shape index (κ3) is 3.17. The van der Waals surface area contributed by atoms with Crippen molar-refractivity contribution in [2.24, 2.45) is 0 Å². The lowest BCUT2D eigenvalue weighted by Crippen LogP contribution is -2.35. The number of pyridine rings is 1. The molecular formula is C24H22FN3O. The van der Waals surface area contributed by atoms with E-state index in [2.05, 4.69) is 39.1 Å². The van der Waals surface area contributed by atoms with Gasteiger partial charge in [-0.2, -0.15) is 0 Å². The van der Waals surface area contributed by atoms with Crippen LogP contribution in [-0.2, 0) is 13.0 Å². The summed E-state index contributed by atoms with van der Waals surface area (Å²) in [6, 6.07) is 17.6. The van der Waals surface area contributed by atoms with Gasteiger partial charge in [-0.15, -0.1) is 0 Å². The van der Waals surface area contributed by atoms with Gasteiger partial charge < -0.3 is 9.72 Å². The number of methoxy groups -OCH3 is 1. The number of ether oxygens (including phenoxy) is 1. The van der Waals surface area contributed by atoms with Gasteiger partial charge in [0.05, 0.1) is 13.2 Å². The Morgan fingerprint density at radius 1 is 1.17 bits per heavy atom. The average Bonchev–Trinajstić information content (AvgIpc) is 3.13. The fourth-order valence-corrected chi connectivity index (χ4v) is 4.41. The Morgan fingerprint density at radius 2 is 2.07 bits per heavy atom. The minimum Gasteiger partial charge on any atom is -0.494 e. The van der Waals surface area contributed by atoms with Crippen molar-refractivity contribution in [1.82, 2.24) is 14.9 Å². The summed E-state index contributed by atoms with van der Waals surface area (Å²) in [5, 5.41) is 1.27. The number of halogens is 1. The molecule has 1 aliphatic heterocycles. The monoisotopic (exact) mass is 387 g/mol. The third-order valence-corrected chi connectivity index (χ3v) is 5.73. The second-order valence-corrected chi connectivity index (χ2v) is 7.44. The topological polar surface area (TPSA) is 41.1 Å². The van der Waals surface area contributed by atoms with Crippen molar-refractivity contribution in [1.29, 1.82) is 0 Å². The fourth-order valence-electron chi connectivity index (χ4n) is 4.41. The van der Waals surface area contributed by atoms with E-state index in [4.69, 9.17) is 4.74 Å². The summed E-state index contributed by atoms with van der Waals surface area (Å²) >= 11 is 0. The molecule has 2 aromatic carbocycles. The Labute approximate surface area is 169 Å². The van der Waals surface area contributed by atoms with Crippen molar-refractivity contribution < 1.29 is 9.13 Å². The number of nitrogens with one attached hydrogen (secondary N) is 1. The number of rotatable bonds is 4. The smallest absolute Gasteiger partial charge is 0.165 e. The summed E-state index contributed by atoms with van der Waals surface area (Å²) < 4.78 is 19.4. The summed E-state index contributed by atoms with van der Waals surface area (Å²) in [4.78, 5) is 10.3. The van der Waals surface area contributed by atoms with Gasteiger partial charge in [-0.3, -0.25) is 9.88 Å². The van der Waals surface area contributed by atoms with Crippen molar-refractivity contribution >= 4 is 10.9 Å². The van der Waals surface area contributed by atoms with E-state index in [0.717, 1.165) is 36.2 Å². The number of H-pyrrole nitrogens is 1. The number of aromatic amines is 1. The standard InChI is InChI=1S/C24H22FN3O/c1-29-22-13-17(8-9-20(22)25)24-23-19(18-6-2-3-7-21(18)27-23)10-12-28(24)15-16-5-4-11-26-14-16/h2-9,11,13-14,24,27H,10,12,15H2,1H3/t24-/m0/s1. The zero-order chi connectivity index (χ0) is 19.8. The molecule has 5 heteroatoms. The number of fused-ring (bicyclic) bond motifs is 3. The molecule has 0 spiro atoms. The Hall–Kier alpha value is -3.18. The van der Waals surface area contributed by atoms with Crippen LogP contribution in [0.15, 0.2) is 67.0 Å². The molecule has 0 radical (unpaired) electrons. The largest absolute Gasteiger partial charge is 0.494 e. The summed E-state index contributed by atoms with van der Waals surface area (Å²) in [6.07, 6.45) is 4.66. The van der Waals surface area contributed by atoms with Crippen LogP contribution in [0.2, 0.25) is 0 Å². The van der Waals surface area contributed by atoms with E-state index in [1.165, 1.54) is 29.8 Å². The molecule has 0 fully saturated rings. The molecule has 29 heavy (non-hydrogen) atoms. The molecule has 0 unspecified atom stereocenters. The predicted molar refractivity (Wildman–Crippen MR) is 111 cm³/mol. The Kier molecular flexibility index (Phi) is 4.52. The summed E-state index contributed by atoms with van der Waals surface area (Å²) in [5.41, 5.74) is 5.83. The molecule has 0 aliphatic carbocycles. The minimum atomic E-state index is -0.345. The quantitative estimate of drug-likeness (QED) is 0.544. The van der Waals surface area contributed by atoms with Crippen molar-refractivity contribution in [3.05, 3.63) is 95.2 Å². The van der Waals surface area contributed by atoms with Gasteiger partial charge in [0, 0.05) is 42.1 Å². The van der Waals surface area contributed by atoms with Crippen molar-refractivity contribution in [2.45, 2.75) is 19.0 Å². The van der Waals surface area contributed by atoms with Crippen molar-refractivity contribution in [3.63, 3.8) is 0 Å². The van der Waals surface area contributed by atoms with E-state index in [-0.39, 0.29) is 17.6 Å². The first kappa shape index (κ1) is 17.9. The second kappa shape index (κ2) is 7.33. The molecule has 1 atom stereocenters. The van der Waals surface area contributed by atoms with Gasteiger partial charge in [-0.25, -0.2) is 4.39 Å². The summed E-state index contributed by atoms with van der Waals surface area (Å²) in [5.74, 6) is -0.0743. The van der Waals surface area contributed by atoms with Crippen LogP contribution in [0.25, 0.3) is 10.9 Å². The van der Waals surface area contributed by atoms with Gasteiger partial charge in [-0.1, -0.05) is 30.3 Å². The number of nitrogens with zero attached hydrogens (tertiary/aromatic N) is 2. The molecule has 0 bridgehead atoms. The maximum absolute atomic E-state index is 14.1. The lowest BCUT2D eigenvalue weighted by atomic mass is 9.92. The van der Waals surface area contributed by atoms with Gasteiger partial charge in [0.1, 0.15) is 0 Å². The maximum Gasteiger partial charge on any atom is 0.165 e. The highest BCUT2D eigenvalue weighted by atomic mass is 19.1. The van der Waals surface area contributed by atoms with Gasteiger partial charge in [0.25, 0.3) is 0 Å². The second-order valence-electron chi connectivity index (χ2n) is 7.44. The van der Waals surface area contributed by atoms with E-state index in [9.17, 15) is 4.39 Å². The lowest BCUT2D eigenvalue weighted by molar-refractivity contribution is 0.201. The van der Waals surface area contributed by atoms with E-state index in [1.54, 1.807) is 6.20 Å². The molecule has 146 valence electrons. The molecule has 0 amide bonds. The van der Waals surface area contributed by atoms with E-state index < -0.39 is 0 Å². The molecule has 0 saturated heterocycles. The SMILES string of the molecule is COc1cc([C@H]2c3[nH]c4ccccc4c3CCN2Cc2cccnc2)ccc1F. The van der Waals surface area contributed by atoms with E-state index >= 15 is 0 Å². The normalized spacial score (nSPS) is 16.7. The van der Waals surface area contributed by atoms with E-state index in [1.807, 2.05) is 30.5 Å². The molecule has 5 rings (SSSR count). The first-order valence-electron chi connectivity index (χ1n) is 9.80. The summed E-state index contributed by atoms with van der Waals surface area (Å²) in [7, 11) is 1.50. The molecule has 3 heterocycles. The van der Waals surface area contributed by atoms with Crippen LogP contribution in [0.3, 0.4) is 0 Å². The van der Waals surface area contributed by atoms with Crippen LogP contribution < -0.4 is 4.74 Å². The molecule has 1 aliphatic rings. The fraction of sp³-hybridized carbons (Fsp3) is 0.208. The highest BCUT2D eigenvalue weighted by Crippen LogP contribution is 2.40. The predicted octanol–water partition coefficient (Wildman–Crippen LogP) is 4.86. The number of benzene rings is 2. The van der Waals surface area contributed by atoms with Gasteiger partial charge >= 0.3 is 0 Å². The van der Waals surface area contributed by atoms with Crippen molar-refractivity contribution in [3.8, 4) is 5.75 Å². The molecule has 4 nitrogen and oxygen atoms in total. The van der Waals surface area contributed by atoms with Crippen LogP contribution in [0, 0.1) is 5.82 Å². The molecule has 4 aromatic rings. The molecule has 1 N–H and O–H groups in total. The first-order valence-corrected chi connectivity index (χ1v) is 9.80. The van der Waals surface area contributed by atoms with Crippen LogP contribution in [-0.4, -0.2) is 28.5 Å². The zero-order valence-electron chi connectivity index (χ0n) is 16.2. The van der Waals surface area contributed by atoms with Crippen LogP contribution in [0.1, 0.15) is 28.4 Å². The third-order valence-electron chi connectivity index (χ3n) is 5.73. The van der Waals surface area contributed by atoms with Crippen molar-refractivity contribution in [2.75, 3.05) is 13.7 Å². The van der Waals surface area contributed by atoms with Crippen LogP contribution in [0.5, 0.6) is 5.75 Å². The molecular weight excluding hydrogens is 365 g/mol. The van der Waals surface area contributed by atoms with Gasteiger partial charge in [0.2, 0.25) is 0 Å². The minimum absolute atomic E-state index is 0.0131. The maximum atomic E-state index is 14.1. The Morgan fingerprint density at radius 3 is 2.90 bits per heavy atom. The van der Waals surface area contributed by atoms with Gasteiger partial charge in [0.15, 0.2) is 11.6 Å². The lowest BCUT2D eigenvalue weighted by Gasteiger charge is -2.36. The van der Waals surface area contributed by atoms with Gasteiger partial charge in [-0.05, 0) is 47.4 Å². The Bertz CT molecular complexity index is 1160. The zero-order valence-corrected chi connectivity index (χ0v) is 16.2. The molecule has 0 saturated carbocycles. The highest BCUT2D eigenvalue weighted by molar-refractivity contribution is 5.85. The highest BCUT2D eigenvalue weighted by Gasteiger charge is 2.32. The summed E-state index contributed by atoms with van der Waals surface area (Å²) in [6.45, 7) is 1.68. The van der Waals surface area contributed by atoms with E-state index in [0.29, 0.717) is 0 Å².